The molecule has 1 aromatic rings. The summed E-state index contributed by atoms with van der Waals surface area (Å²) < 4.78 is 0. The van der Waals surface area contributed by atoms with Crippen molar-refractivity contribution in [2.24, 2.45) is 0 Å². The van der Waals surface area contributed by atoms with E-state index in [0.717, 1.165) is 18.4 Å². The Hall–Kier alpha value is -1.26. The Morgan fingerprint density at radius 2 is 2.39 bits per heavy atom. The monoisotopic (exact) mass is 268 g/mol. The summed E-state index contributed by atoms with van der Waals surface area (Å²) in [5.74, 6) is 0. The average molecular weight is 269 g/mol. The molecule has 0 spiro atoms. The predicted octanol–water partition coefficient (Wildman–Crippen LogP) is 2.64. The average Bonchev–Trinajstić information content (AvgIpc) is 2.82. The Balaban J connectivity index is 2.09. The molecule has 2 N–H and O–H groups in total. The van der Waals surface area contributed by atoms with E-state index in [2.05, 4.69) is 5.32 Å². The van der Waals surface area contributed by atoms with Gasteiger partial charge in [-0.2, -0.15) is 0 Å². The van der Waals surface area contributed by atoms with Crippen LogP contribution >= 0.6 is 11.6 Å². The second kappa shape index (κ2) is 5.59. The quantitative estimate of drug-likeness (QED) is 0.866. The molecule has 0 aliphatic carbocycles. The van der Waals surface area contributed by atoms with Gasteiger partial charge in [0.25, 0.3) is 0 Å². The first-order chi connectivity index (χ1) is 8.61. The largest absolute Gasteiger partial charge is 0.394 e. The van der Waals surface area contributed by atoms with Crippen LogP contribution in [0.3, 0.4) is 0 Å². The number of amides is 2. The van der Waals surface area contributed by atoms with Crippen LogP contribution in [-0.4, -0.2) is 35.2 Å². The van der Waals surface area contributed by atoms with Gasteiger partial charge in [0.1, 0.15) is 0 Å². The fourth-order valence-electron chi connectivity index (χ4n) is 2.21. The standard InChI is InChI=1S/C13H17ClN2O2/c1-9-4-5-11(14)12(7-9)15-13(18)16-6-2-3-10(16)8-17/h4-5,7,10,17H,2-3,6,8H2,1H3,(H,15,18). The fourth-order valence-corrected chi connectivity index (χ4v) is 2.38. The van der Waals surface area contributed by atoms with Crippen molar-refractivity contribution in [2.75, 3.05) is 18.5 Å². The third-order valence-corrected chi connectivity index (χ3v) is 3.54. The highest BCUT2D eigenvalue weighted by atomic mass is 35.5. The molecule has 1 saturated heterocycles. The SMILES string of the molecule is Cc1ccc(Cl)c(NC(=O)N2CCCC2CO)c1. The van der Waals surface area contributed by atoms with Gasteiger partial charge in [-0.15, -0.1) is 0 Å². The molecule has 1 aromatic carbocycles. The van der Waals surface area contributed by atoms with Crippen molar-refractivity contribution in [1.82, 2.24) is 4.90 Å². The number of benzene rings is 1. The van der Waals surface area contributed by atoms with E-state index in [1.165, 1.54) is 0 Å². The third-order valence-electron chi connectivity index (χ3n) is 3.21. The molecule has 1 aliphatic rings. The zero-order valence-electron chi connectivity index (χ0n) is 10.3. The van der Waals surface area contributed by atoms with Gasteiger partial charge in [0.05, 0.1) is 23.4 Å². The van der Waals surface area contributed by atoms with Gasteiger partial charge in [-0.05, 0) is 37.5 Å². The number of likely N-dealkylation sites (tertiary alicyclic amines) is 1. The number of halogens is 1. The molecule has 1 aliphatic heterocycles. The van der Waals surface area contributed by atoms with Crippen molar-refractivity contribution >= 4 is 23.3 Å². The number of nitrogens with one attached hydrogen (secondary N) is 1. The van der Waals surface area contributed by atoms with E-state index >= 15 is 0 Å². The summed E-state index contributed by atoms with van der Waals surface area (Å²) in [6.45, 7) is 2.63. The zero-order valence-corrected chi connectivity index (χ0v) is 11.1. The Morgan fingerprint density at radius 1 is 1.61 bits per heavy atom. The van der Waals surface area contributed by atoms with E-state index in [1.807, 2.05) is 19.1 Å². The lowest BCUT2D eigenvalue weighted by molar-refractivity contribution is 0.166. The summed E-state index contributed by atoms with van der Waals surface area (Å²) in [4.78, 5) is 13.8. The Bertz CT molecular complexity index is 451. The van der Waals surface area contributed by atoms with Gasteiger partial charge in [-0.1, -0.05) is 17.7 Å². The number of carbonyl (C=O) groups is 1. The molecule has 98 valence electrons. The second-order valence-electron chi connectivity index (χ2n) is 4.59. The lowest BCUT2D eigenvalue weighted by Gasteiger charge is -2.23. The van der Waals surface area contributed by atoms with Gasteiger partial charge >= 0.3 is 6.03 Å². The number of hydrogen-bond acceptors (Lipinski definition) is 2. The molecular weight excluding hydrogens is 252 g/mol. The van der Waals surface area contributed by atoms with Gasteiger partial charge in [-0.25, -0.2) is 4.79 Å². The minimum absolute atomic E-state index is 0.00890. The maximum atomic E-state index is 12.1. The third kappa shape index (κ3) is 2.76. The van der Waals surface area contributed by atoms with E-state index in [1.54, 1.807) is 11.0 Å². The van der Waals surface area contributed by atoms with Crippen molar-refractivity contribution in [3.63, 3.8) is 0 Å². The molecule has 18 heavy (non-hydrogen) atoms. The molecule has 0 aromatic heterocycles. The van der Waals surface area contributed by atoms with E-state index < -0.39 is 0 Å². The van der Waals surface area contributed by atoms with Crippen LogP contribution in [0.25, 0.3) is 0 Å². The second-order valence-corrected chi connectivity index (χ2v) is 4.99. The molecule has 0 saturated carbocycles. The zero-order chi connectivity index (χ0) is 13.1. The summed E-state index contributed by atoms with van der Waals surface area (Å²) in [5, 5.41) is 12.5. The number of aliphatic hydroxyl groups excluding tert-OH is 1. The van der Waals surface area contributed by atoms with E-state index in [4.69, 9.17) is 11.6 Å². The topological polar surface area (TPSA) is 52.6 Å². The Labute approximate surface area is 112 Å². The highest BCUT2D eigenvalue weighted by molar-refractivity contribution is 6.33. The number of urea groups is 1. The summed E-state index contributed by atoms with van der Waals surface area (Å²) in [6, 6.07) is 5.22. The van der Waals surface area contributed by atoms with Crippen LogP contribution in [0.4, 0.5) is 10.5 Å². The summed E-state index contributed by atoms with van der Waals surface area (Å²) in [5.41, 5.74) is 1.65. The van der Waals surface area contributed by atoms with Gasteiger partial charge in [0, 0.05) is 6.54 Å². The molecule has 2 rings (SSSR count). The highest BCUT2D eigenvalue weighted by Crippen LogP contribution is 2.24. The number of rotatable bonds is 2. The van der Waals surface area contributed by atoms with E-state index in [9.17, 15) is 9.90 Å². The minimum atomic E-state index is -0.195. The van der Waals surface area contributed by atoms with Crippen molar-refractivity contribution < 1.29 is 9.90 Å². The molecule has 0 radical (unpaired) electrons. The number of anilines is 1. The smallest absolute Gasteiger partial charge is 0.322 e. The van der Waals surface area contributed by atoms with Crippen LogP contribution in [-0.2, 0) is 0 Å². The molecule has 4 nitrogen and oxygen atoms in total. The van der Waals surface area contributed by atoms with Crippen LogP contribution in [0.5, 0.6) is 0 Å². The molecule has 1 atom stereocenters. The molecular formula is C13H17ClN2O2. The highest BCUT2D eigenvalue weighted by Gasteiger charge is 2.28. The van der Waals surface area contributed by atoms with Gasteiger partial charge in [-0.3, -0.25) is 0 Å². The number of carbonyl (C=O) groups excluding carboxylic acids is 1. The first kappa shape index (κ1) is 13.2. The molecule has 0 bridgehead atoms. The first-order valence-electron chi connectivity index (χ1n) is 6.06. The molecule has 2 amide bonds. The molecule has 1 heterocycles. The summed E-state index contributed by atoms with van der Waals surface area (Å²) >= 11 is 6.03. The fraction of sp³-hybridized carbons (Fsp3) is 0.462. The van der Waals surface area contributed by atoms with E-state index in [-0.39, 0.29) is 18.7 Å². The lowest BCUT2D eigenvalue weighted by Crippen LogP contribution is -2.40. The van der Waals surface area contributed by atoms with Crippen molar-refractivity contribution in [3.05, 3.63) is 28.8 Å². The number of aryl methyl sites for hydroxylation is 1. The van der Waals surface area contributed by atoms with Crippen molar-refractivity contribution in [3.8, 4) is 0 Å². The van der Waals surface area contributed by atoms with Crippen molar-refractivity contribution in [1.29, 1.82) is 0 Å². The number of hydrogen-bond donors (Lipinski definition) is 2. The summed E-state index contributed by atoms with van der Waals surface area (Å²) in [7, 11) is 0. The Morgan fingerprint density at radius 3 is 3.11 bits per heavy atom. The Kier molecular flexibility index (Phi) is 4.09. The predicted molar refractivity (Wildman–Crippen MR) is 72.0 cm³/mol. The maximum Gasteiger partial charge on any atom is 0.322 e. The maximum absolute atomic E-state index is 12.1. The number of nitrogens with zero attached hydrogens (tertiary/aromatic N) is 1. The van der Waals surface area contributed by atoms with Crippen molar-refractivity contribution in [2.45, 2.75) is 25.8 Å². The normalized spacial score (nSPS) is 19.1. The van der Waals surface area contributed by atoms with E-state index in [0.29, 0.717) is 17.3 Å². The molecule has 5 heteroatoms. The van der Waals surface area contributed by atoms with Gasteiger partial charge in [0.15, 0.2) is 0 Å². The number of aliphatic hydroxyl groups is 1. The van der Waals surface area contributed by atoms with Crippen LogP contribution in [0.1, 0.15) is 18.4 Å². The lowest BCUT2D eigenvalue weighted by atomic mass is 10.2. The van der Waals surface area contributed by atoms with Crippen LogP contribution in [0.15, 0.2) is 18.2 Å². The first-order valence-corrected chi connectivity index (χ1v) is 6.44. The van der Waals surface area contributed by atoms with Gasteiger partial charge in [0.2, 0.25) is 0 Å². The molecule has 1 unspecified atom stereocenters. The van der Waals surface area contributed by atoms with Gasteiger partial charge < -0.3 is 15.3 Å². The molecule has 1 fully saturated rings. The minimum Gasteiger partial charge on any atom is -0.394 e. The summed E-state index contributed by atoms with van der Waals surface area (Å²) in [6.07, 6.45) is 1.78. The van der Waals surface area contributed by atoms with Crippen LogP contribution in [0, 0.1) is 6.92 Å². The van der Waals surface area contributed by atoms with Crippen LogP contribution < -0.4 is 5.32 Å². The van der Waals surface area contributed by atoms with Crippen LogP contribution in [0.2, 0.25) is 5.02 Å².